The highest BCUT2D eigenvalue weighted by molar-refractivity contribution is 5.32. The van der Waals surface area contributed by atoms with Crippen molar-refractivity contribution in [2.24, 2.45) is 11.1 Å². The van der Waals surface area contributed by atoms with Crippen molar-refractivity contribution in [2.75, 3.05) is 0 Å². The third-order valence-electron chi connectivity index (χ3n) is 3.20. The Morgan fingerprint density at radius 3 is 2.38 bits per heavy atom. The van der Waals surface area contributed by atoms with Crippen LogP contribution in [0.4, 0.5) is 0 Å². The zero-order valence-electron chi connectivity index (χ0n) is 8.41. The van der Waals surface area contributed by atoms with E-state index in [1.54, 1.807) is 0 Å². The summed E-state index contributed by atoms with van der Waals surface area (Å²) in [6.45, 7) is 6.42. The van der Waals surface area contributed by atoms with Gasteiger partial charge in [0.15, 0.2) is 0 Å². The van der Waals surface area contributed by atoms with Crippen LogP contribution in [0, 0.1) is 12.3 Å². The Balaban J connectivity index is 2.25. The number of aryl methyl sites for hydroxylation is 1. The van der Waals surface area contributed by atoms with Gasteiger partial charge in [0.1, 0.15) is 0 Å². The first-order chi connectivity index (χ1) is 6.03. The molecule has 0 spiro atoms. The van der Waals surface area contributed by atoms with Gasteiger partial charge in [0, 0.05) is 23.9 Å². The van der Waals surface area contributed by atoms with Gasteiger partial charge in [-0.2, -0.15) is 0 Å². The highest BCUT2D eigenvalue weighted by Gasteiger charge is 2.56. The molecular formula is C11H16N2. The van der Waals surface area contributed by atoms with E-state index in [9.17, 15) is 0 Å². The van der Waals surface area contributed by atoms with Crippen LogP contribution in [0.5, 0.6) is 0 Å². The molecular weight excluding hydrogens is 160 g/mol. The van der Waals surface area contributed by atoms with Crippen molar-refractivity contribution in [3.8, 4) is 0 Å². The minimum atomic E-state index is 0.261. The largest absolute Gasteiger partial charge is 0.327 e. The van der Waals surface area contributed by atoms with Gasteiger partial charge in [0.05, 0.1) is 0 Å². The fraction of sp³-hybridized carbons (Fsp3) is 0.545. The fourth-order valence-corrected chi connectivity index (χ4v) is 1.98. The maximum Gasteiger partial charge on any atom is 0.0372 e. The van der Waals surface area contributed by atoms with Crippen molar-refractivity contribution in [3.05, 3.63) is 29.6 Å². The zero-order chi connectivity index (χ0) is 9.64. The average molecular weight is 176 g/mol. The van der Waals surface area contributed by atoms with E-state index in [0.29, 0.717) is 12.0 Å². The molecule has 0 unspecified atom stereocenters. The third kappa shape index (κ3) is 1.25. The molecule has 2 atom stereocenters. The van der Waals surface area contributed by atoms with Crippen LogP contribution in [0.3, 0.4) is 0 Å². The van der Waals surface area contributed by atoms with Crippen LogP contribution >= 0.6 is 0 Å². The Hall–Kier alpha value is -0.890. The molecule has 0 bridgehead atoms. The van der Waals surface area contributed by atoms with Gasteiger partial charge in [-0.05, 0) is 24.0 Å². The van der Waals surface area contributed by atoms with Crippen molar-refractivity contribution in [1.29, 1.82) is 0 Å². The van der Waals surface area contributed by atoms with Gasteiger partial charge in [-0.3, -0.25) is 4.98 Å². The normalized spacial score (nSPS) is 30.2. The van der Waals surface area contributed by atoms with Gasteiger partial charge in [-0.1, -0.05) is 19.9 Å². The summed E-state index contributed by atoms with van der Waals surface area (Å²) in [5.41, 5.74) is 8.59. The molecule has 1 heterocycles. The molecule has 2 rings (SSSR count). The lowest BCUT2D eigenvalue weighted by molar-refractivity contribution is 0.598. The lowest BCUT2D eigenvalue weighted by Gasteiger charge is -2.01. The number of rotatable bonds is 1. The summed E-state index contributed by atoms with van der Waals surface area (Å²) < 4.78 is 0. The topological polar surface area (TPSA) is 38.9 Å². The molecule has 1 aromatic rings. The maximum atomic E-state index is 5.99. The molecule has 1 aromatic heterocycles. The van der Waals surface area contributed by atoms with Gasteiger partial charge in [-0.15, -0.1) is 0 Å². The lowest BCUT2D eigenvalue weighted by Crippen LogP contribution is -2.06. The molecule has 13 heavy (non-hydrogen) atoms. The molecule has 0 aliphatic heterocycles. The average Bonchev–Trinajstić information content (AvgIpc) is 2.55. The van der Waals surface area contributed by atoms with E-state index in [2.05, 4.69) is 31.0 Å². The quantitative estimate of drug-likeness (QED) is 0.709. The van der Waals surface area contributed by atoms with Crippen LogP contribution in [-0.4, -0.2) is 11.0 Å². The molecule has 0 amide bonds. The molecule has 0 radical (unpaired) electrons. The van der Waals surface area contributed by atoms with Crippen LogP contribution in [0.1, 0.15) is 31.0 Å². The van der Waals surface area contributed by atoms with Gasteiger partial charge >= 0.3 is 0 Å². The number of hydrogen-bond donors (Lipinski definition) is 1. The Labute approximate surface area is 79.2 Å². The molecule has 1 aliphatic carbocycles. The van der Waals surface area contributed by atoms with Crippen molar-refractivity contribution < 1.29 is 0 Å². The number of nitrogens with two attached hydrogens (primary N) is 1. The lowest BCUT2D eigenvalue weighted by atomic mass is 10.0. The van der Waals surface area contributed by atoms with Crippen LogP contribution in [0.15, 0.2) is 18.3 Å². The second-order valence-electron chi connectivity index (χ2n) is 4.56. The van der Waals surface area contributed by atoms with Gasteiger partial charge in [0.25, 0.3) is 0 Å². The second-order valence-corrected chi connectivity index (χ2v) is 4.56. The minimum Gasteiger partial charge on any atom is -0.327 e. The molecule has 2 heteroatoms. The molecule has 1 saturated carbocycles. The highest BCUT2D eigenvalue weighted by Crippen LogP contribution is 2.56. The molecule has 1 aliphatic rings. The SMILES string of the molecule is Cc1ccc([C@@H]2[C@@H](N)C2(C)C)cn1. The molecule has 1 fully saturated rings. The summed E-state index contributed by atoms with van der Waals surface area (Å²) >= 11 is 0. The van der Waals surface area contributed by atoms with E-state index < -0.39 is 0 Å². The fourth-order valence-electron chi connectivity index (χ4n) is 1.98. The Morgan fingerprint density at radius 2 is 2.00 bits per heavy atom. The molecule has 2 N–H and O–H groups in total. The number of nitrogens with zero attached hydrogens (tertiary/aromatic N) is 1. The molecule has 70 valence electrons. The summed E-state index contributed by atoms with van der Waals surface area (Å²) in [5, 5.41) is 0. The zero-order valence-corrected chi connectivity index (χ0v) is 8.41. The number of pyridine rings is 1. The first-order valence-electron chi connectivity index (χ1n) is 4.71. The third-order valence-corrected chi connectivity index (χ3v) is 3.20. The smallest absolute Gasteiger partial charge is 0.0372 e. The minimum absolute atomic E-state index is 0.261. The van der Waals surface area contributed by atoms with E-state index >= 15 is 0 Å². The predicted molar refractivity (Wildman–Crippen MR) is 53.5 cm³/mol. The van der Waals surface area contributed by atoms with Crippen molar-refractivity contribution in [1.82, 2.24) is 4.98 Å². The van der Waals surface area contributed by atoms with Gasteiger partial charge in [0.2, 0.25) is 0 Å². The van der Waals surface area contributed by atoms with E-state index in [4.69, 9.17) is 5.73 Å². The Bertz CT molecular complexity index is 313. The van der Waals surface area contributed by atoms with Crippen LogP contribution in [0.2, 0.25) is 0 Å². The van der Waals surface area contributed by atoms with E-state index in [-0.39, 0.29) is 5.41 Å². The highest BCUT2D eigenvalue weighted by atomic mass is 14.8. The summed E-state index contributed by atoms with van der Waals surface area (Å²) in [7, 11) is 0. The number of hydrogen-bond acceptors (Lipinski definition) is 2. The maximum absolute atomic E-state index is 5.99. The van der Waals surface area contributed by atoms with Gasteiger partial charge < -0.3 is 5.73 Å². The summed E-state index contributed by atoms with van der Waals surface area (Å²) in [4.78, 5) is 4.28. The first kappa shape index (κ1) is 8.70. The first-order valence-corrected chi connectivity index (χ1v) is 4.71. The van der Waals surface area contributed by atoms with Crippen molar-refractivity contribution in [2.45, 2.75) is 32.7 Å². The van der Waals surface area contributed by atoms with E-state index in [0.717, 1.165) is 5.69 Å². The monoisotopic (exact) mass is 176 g/mol. The van der Waals surface area contributed by atoms with Crippen molar-refractivity contribution in [3.63, 3.8) is 0 Å². The molecule has 0 saturated heterocycles. The second kappa shape index (κ2) is 2.55. The summed E-state index contributed by atoms with van der Waals surface area (Å²) in [6, 6.07) is 4.50. The van der Waals surface area contributed by atoms with Crippen molar-refractivity contribution >= 4 is 0 Å². The summed E-state index contributed by atoms with van der Waals surface area (Å²) in [5.74, 6) is 0.501. The predicted octanol–water partition coefficient (Wildman–Crippen LogP) is 1.84. The Morgan fingerprint density at radius 1 is 1.38 bits per heavy atom. The van der Waals surface area contributed by atoms with Crippen LogP contribution in [-0.2, 0) is 0 Å². The van der Waals surface area contributed by atoms with Crippen LogP contribution < -0.4 is 5.73 Å². The van der Waals surface area contributed by atoms with Gasteiger partial charge in [-0.25, -0.2) is 0 Å². The van der Waals surface area contributed by atoms with E-state index in [1.807, 2.05) is 13.1 Å². The molecule has 0 aromatic carbocycles. The Kier molecular flexibility index (Phi) is 1.70. The molecule has 2 nitrogen and oxygen atoms in total. The standard InChI is InChI=1S/C11H16N2/c1-7-4-5-8(6-13-7)9-10(12)11(9,2)3/h4-6,9-10H,12H2,1-3H3/t9-,10-/m1/s1. The summed E-state index contributed by atoms with van der Waals surface area (Å²) in [6.07, 6.45) is 1.95. The van der Waals surface area contributed by atoms with E-state index in [1.165, 1.54) is 5.56 Å². The van der Waals surface area contributed by atoms with Crippen LogP contribution in [0.25, 0.3) is 0 Å². The number of aromatic nitrogens is 1.